The summed E-state index contributed by atoms with van der Waals surface area (Å²) in [5.74, 6) is 0.913. The zero-order valence-electron chi connectivity index (χ0n) is 10.8. The number of hydrogen-bond acceptors (Lipinski definition) is 4. The number of likely N-dealkylation sites (tertiary alicyclic amines) is 1. The minimum atomic E-state index is 0.102. The third-order valence-electron chi connectivity index (χ3n) is 3.99. The summed E-state index contributed by atoms with van der Waals surface area (Å²) in [5.41, 5.74) is 6.56. The fourth-order valence-corrected chi connectivity index (χ4v) is 2.66. The normalized spacial score (nSPS) is 19.9. The van der Waals surface area contributed by atoms with Crippen LogP contribution in [-0.2, 0) is 0 Å². The summed E-state index contributed by atoms with van der Waals surface area (Å²) >= 11 is 0. The molecule has 0 radical (unpaired) electrons. The van der Waals surface area contributed by atoms with Crippen molar-refractivity contribution in [1.29, 1.82) is 0 Å². The van der Waals surface area contributed by atoms with E-state index in [1.54, 1.807) is 12.1 Å². The van der Waals surface area contributed by atoms with Crippen LogP contribution in [0.4, 0.5) is 0 Å². The average Bonchev–Trinajstić information content (AvgIpc) is 2.38. The lowest BCUT2D eigenvalue weighted by Crippen LogP contribution is -2.37. The maximum absolute atomic E-state index is 9.88. The molecule has 100 valence electrons. The lowest BCUT2D eigenvalue weighted by molar-refractivity contribution is 0.142. The van der Waals surface area contributed by atoms with Crippen LogP contribution in [0, 0.1) is 5.92 Å². The molecule has 1 atom stereocenters. The number of nitrogens with two attached hydrogens (primary N) is 1. The van der Waals surface area contributed by atoms with E-state index in [0.717, 1.165) is 38.0 Å². The van der Waals surface area contributed by atoms with Crippen molar-refractivity contribution in [3.05, 3.63) is 23.8 Å². The molecule has 0 spiro atoms. The zero-order chi connectivity index (χ0) is 13.1. The highest BCUT2D eigenvalue weighted by atomic mass is 16.3. The van der Waals surface area contributed by atoms with Gasteiger partial charge in [-0.3, -0.25) is 4.90 Å². The number of piperidine rings is 1. The van der Waals surface area contributed by atoms with Gasteiger partial charge in [-0.25, -0.2) is 0 Å². The summed E-state index contributed by atoms with van der Waals surface area (Å²) in [4.78, 5) is 2.36. The van der Waals surface area contributed by atoms with Crippen molar-refractivity contribution in [3.8, 4) is 11.5 Å². The number of benzene rings is 1. The van der Waals surface area contributed by atoms with Crippen LogP contribution in [0.15, 0.2) is 18.2 Å². The number of nitrogens with zero attached hydrogens (tertiary/aromatic N) is 1. The topological polar surface area (TPSA) is 69.7 Å². The second kappa shape index (κ2) is 5.59. The molecular formula is C14H22N2O2. The first-order chi connectivity index (χ1) is 8.61. The van der Waals surface area contributed by atoms with E-state index in [1.165, 1.54) is 6.07 Å². The van der Waals surface area contributed by atoms with Gasteiger partial charge in [-0.2, -0.15) is 0 Å². The van der Waals surface area contributed by atoms with E-state index in [1.807, 2.05) is 0 Å². The van der Waals surface area contributed by atoms with E-state index in [0.29, 0.717) is 5.92 Å². The van der Waals surface area contributed by atoms with Crippen LogP contribution in [0.3, 0.4) is 0 Å². The van der Waals surface area contributed by atoms with Gasteiger partial charge in [0.1, 0.15) is 11.5 Å². The van der Waals surface area contributed by atoms with Crippen LogP contribution in [0.25, 0.3) is 0 Å². The van der Waals surface area contributed by atoms with Gasteiger partial charge in [-0.1, -0.05) is 6.07 Å². The van der Waals surface area contributed by atoms with Gasteiger partial charge in [0.05, 0.1) is 0 Å². The molecule has 0 bridgehead atoms. The predicted molar refractivity (Wildman–Crippen MR) is 71.5 cm³/mol. The molecule has 4 N–H and O–H groups in total. The summed E-state index contributed by atoms with van der Waals surface area (Å²) in [5, 5.41) is 19.2. The number of aromatic hydroxyl groups is 2. The third kappa shape index (κ3) is 2.76. The maximum atomic E-state index is 9.88. The monoisotopic (exact) mass is 250 g/mol. The smallest absolute Gasteiger partial charge is 0.124 e. The van der Waals surface area contributed by atoms with Gasteiger partial charge in [0.15, 0.2) is 0 Å². The van der Waals surface area contributed by atoms with Crippen molar-refractivity contribution in [2.75, 3.05) is 19.6 Å². The summed E-state index contributed by atoms with van der Waals surface area (Å²) in [6.07, 6.45) is 2.25. The molecule has 1 aliphatic heterocycles. The first-order valence-electron chi connectivity index (χ1n) is 6.57. The SMILES string of the molecule is CC(c1ccc(O)cc1O)N1CCC(CN)CC1. The second-order valence-corrected chi connectivity index (χ2v) is 5.13. The Hall–Kier alpha value is -1.26. The highest BCUT2D eigenvalue weighted by Crippen LogP contribution is 2.33. The zero-order valence-corrected chi connectivity index (χ0v) is 10.8. The fourth-order valence-electron chi connectivity index (χ4n) is 2.66. The summed E-state index contributed by atoms with van der Waals surface area (Å²) in [6.45, 7) is 4.90. The highest BCUT2D eigenvalue weighted by molar-refractivity contribution is 5.40. The lowest BCUT2D eigenvalue weighted by Gasteiger charge is -2.36. The van der Waals surface area contributed by atoms with Gasteiger partial charge in [-0.05, 0) is 51.4 Å². The summed E-state index contributed by atoms with van der Waals surface area (Å²) < 4.78 is 0. The van der Waals surface area contributed by atoms with E-state index in [4.69, 9.17) is 5.73 Å². The van der Waals surface area contributed by atoms with Gasteiger partial charge in [-0.15, -0.1) is 0 Å². The first-order valence-corrected chi connectivity index (χ1v) is 6.57. The summed E-state index contributed by atoms with van der Waals surface area (Å²) in [7, 11) is 0. The molecule has 4 nitrogen and oxygen atoms in total. The molecule has 0 amide bonds. The molecule has 4 heteroatoms. The average molecular weight is 250 g/mol. The van der Waals surface area contributed by atoms with E-state index >= 15 is 0 Å². The van der Waals surface area contributed by atoms with Gasteiger partial charge in [0.2, 0.25) is 0 Å². The molecule has 1 aliphatic rings. The Bertz CT molecular complexity index is 401. The summed E-state index contributed by atoms with van der Waals surface area (Å²) in [6, 6.07) is 4.99. The van der Waals surface area contributed by atoms with Crippen LogP contribution >= 0.6 is 0 Å². The molecule has 0 saturated carbocycles. The van der Waals surface area contributed by atoms with Crippen LogP contribution in [0.5, 0.6) is 11.5 Å². The largest absolute Gasteiger partial charge is 0.508 e. The van der Waals surface area contributed by atoms with Crippen molar-refractivity contribution >= 4 is 0 Å². The van der Waals surface area contributed by atoms with Crippen molar-refractivity contribution in [2.45, 2.75) is 25.8 Å². The fraction of sp³-hybridized carbons (Fsp3) is 0.571. The van der Waals surface area contributed by atoms with E-state index in [-0.39, 0.29) is 17.5 Å². The quantitative estimate of drug-likeness (QED) is 0.765. The number of phenolic OH excluding ortho intramolecular Hbond substituents is 2. The lowest BCUT2D eigenvalue weighted by atomic mass is 9.94. The number of rotatable bonds is 3. The van der Waals surface area contributed by atoms with Gasteiger partial charge >= 0.3 is 0 Å². The Morgan fingerprint density at radius 2 is 2.00 bits per heavy atom. The molecule has 1 aromatic carbocycles. The molecule has 1 aromatic rings. The molecule has 18 heavy (non-hydrogen) atoms. The second-order valence-electron chi connectivity index (χ2n) is 5.13. The van der Waals surface area contributed by atoms with Crippen molar-refractivity contribution in [3.63, 3.8) is 0 Å². The van der Waals surface area contributed by atoms with E-state index in [9.17, 15) is 10.2 Å². The number of phenols is 2. The number of hydrogen-bond donors (Lipinski definition) is 3. The van der Waals surface area contributed by atoms with Crippen LogP contribution in [0.1, 0.15) is 31.4 Å². The van der Waals surface area contributed by atoms with Gasteiger partial charge in [0, 0.05) is 17.7 Å². The third-order valence-corrected chi connectivity index (χ3v) is 3.99. The Labute approximate surface area is 108 Å². The Morgan fingerprint density at radius 3 is 2.56 bits per heavy atom. The minimum Gasteiger partial charge on any atom is -0.508 e. The molecule has 1 saturated heterocycles. The van der Waals surface area contributed by atoms with Gasteiger partial charge < -0.3 is 15.9 Å². The Kier molecular flexibility index (Phi) is 4.09. The Morgan fingerprint density at radius 1 is 1.33 bits per heavy atom. The molecule has 1 unspecified atom stereocenters. The standard InChI is InChI=1S/C14H22N2O2/c1-10(13-3-2-12(17)8-14(13)18)16-6-4-11(9-15)5-7-16/h2-3,8,10-11,17-18H,4-7,9,15H2,1H3. The van der Waals surface area contributed by atoms with Crippen LogP contribution < -0.4 is 5.73 Å². The molecule has 0 aliphatic carbocycles. The van der Waals surface area contributed by atoms with Gasteiger partial charge in [0.25, 0.3) is 0 Å². The van der Waals surface area contributed by atoms with Crippen molar-refractivity contribution < 1.29 is 10.2 Å². The first kappa shape index (κ1) is 13.2. The van der Waals surface area contributed by atoms with E-state index < -0.39 is 0 Å². The molecule has 1 fully saturated rings. The maximum Gasteiger partial charge on any atom is 0.124 e. The highest BCUT2D eigenvalue weighted by Gasteiger charge is 2.24. The molecule has 2 rings (SSSR count). The van der Waals surface area contributed by atoms with E-state index in [2.05, 4.69) is 11.8 Å². The van der Waals surface area contributed by atoms with Crippen LogP contribution in [-0.4, -0.2) is 34.7 Å². The van der Waals surface area contributed by atoms with Crippen molar-refractivity contribution in [1.82, 2.24) is 4.90 Å². The minimum absolute atomic E-state index is 0.102. The molecular weight excluding hydrogens is 228 g/mol. The molecule has 0 aromatic heterocycles. The van der Waals surface area contributed by atoms with Crippen molar-refractivity contribution in [2.24, 2.45) is 11.7 Å². The molecule has 1 heterocycles. The predicted octanol–water partition coefficient (Wildman–Crippen LogP) is 1.83. The Balaban J connectivity index is 2.05. The van der Waals surface area contributed by atoms with Crippen LogP contribution in [0.2, 0.25) is 0 Å².